The third kappa shape index (κ3) is 2.34. The van der Waals surface area contributed by atoms with Gasteiger partial charge in [0.05, 0.1) is 0 Å². The van der Waals surface area contributed by atoms with Crippen molar-refractivity contribution in [3.8, 4) is 0 Å². The normalized spacial score (nSPS) is 10.1. The fraction of sp³-hybridized carbons (Fsp3) is 0.111. The van der Waals surface area contributed by atoms with E-state index in [4.69, 9.17) is 16.1 Å². The summed E-state index contributed by atoms with van der Waals surface area (Å²) in [6, 6.07) is 4.55. The molecule has 2 aromatic rings. The summed E-state index contributed by atoms with van der Waals surface area (Å²) in [5.41, 5.74) is 0.157. The molecule has 2 heterocycles. The number of nitrogens with zero attached hydrogens (tertiary/aromatic N) is 3. The largest absolute Gasteiger partial charge is 0.360 e. The number of rotatable bonds is 2. The Morgan fingerprint density at radius 1 is 1.44 bits per heavy atom. The molecule has 16 heavy (non-hydrogen) atoms. The molecule has 1 amide bonds. The second kappa shape index (κ2) is 4.28. The molecule has 0 unspecified atom stereocenters. The van der Waals surface area contributed by atoms with E-state index in [2.05, 4.69) is 20.7 Å². The van der Waals surface area contributed by atoms with Crippen LogP contribution in [0.25, 0.3) is 0 Å². The van der Waals surface area contributed by atoms with Crippen LogP contribution in [0.2, 0.25) is 5.15 Å². The average molecular weight is 239 g/mol. The number of hydrogen-bond donors (Lipinski definition) is 1. The molecule has 0 saturated carbocycles. The monoisotopic (exact) mass is 238 g/mol. The number of halogens is 1. The van der Waals surface area contributed by atoms with Gasteiger partial charge in [0.25, 0.3) is 5.91 Å². The lowest BCUT2D eigenvalue weighted by Gasteiger charge is -1.98. The van der Waals surface area contributed by atoms with Gasteiger partial charge in [0.2, 0.25) is 0 Å². The van der Waals surface area contributed by atoms with Gasteiger partial charge in [-0.3, -0.25) is 4.79 Å². The number of amides is 1. The smallest absolute Gasteiger partial charge is 0.277 e. The van der Waals surface area contributed by atoms with Crippen LogP contribution in [0.15, 0.2) is 22.7 Å². The highest BCUT2D eigenvalue weighted by Crippen LogP contribution is 2.09. The van der Waals surface area contributed by atoms with Crippen LogP contribution in [0, 0.1) is 6.92 Å². The highest BCUT2D eigenvalue weighted by atomic mass is 35.5. The van der Waals surface area contributed by atoms with Crippen LogP contribution in [0.5, 0.6) is 0 Å². The SMILES string of the molecule is Cc1cc(NC(=O)c2ccc(Cl)nn2)no1. The van der Waals surface area contributed by atoms with E-state index in [1.165, 1.54) is 12.1 Å². The third-order valence-electron chi connectivity index (χ3n) is 1.73. The minimum atomic E-state index is -0.419. The van der Waals surface area contributed by atoms with Crippen molar-refractivity contribution in [2.75, 3.05) is 5.32 Å². The molecule has 6 nitrogen and oxygen atoms in total. The Hall–Kier alpha value is -1.95. The van der Waals surface area contributed by atoms with Crippen LogP contribution in [0.3, 0.4) is 0 Å². The van der Waals surface area contributed by atoms with Gasteiger partial charge in [-0.1, -0.05) is 16.8 Å². The van der Waals surface area contributed by atoms with Crippen LogP contribution >= 0.6 is 11.6 Å². The topological polar surface area (TPSA) is 80.9 Å². The van der Waals surface area contributed by atoms with E-state index in [9.17, 15) is 4.79 Å². The summed E-state index contributed by atoms with van der Waals surface area (Å²) >= 11 is 5.55. The van der Waals surface area contributed by atoms with Gasteiger partial charge in [-0.25, -0.2) is 0 Å². The van der Waals surface area contributed by atoms with Crippen molar-refractivity contribution in [1.29, 1.82) is 0 Å². The maximum atomic E-state index is 11.6. The number of anilines is 1. The van der Waals surface area contributed by atoms with Crippen molar-refractivity contribution in [2.24, 2.45) is 0 Å². The molecule has 0 atom stereocenters. The Morgan fingerprint density at radius 2 is 2.25 bits per heavy atom. The maximum Gasteiger partial charge on any atom is 0.277 e. The summed E-state index contributed by atoms with van der Waals surface area (Å²) in [7, 11) is 0. The van der Waals surface area contributed by atoms with Crippen molar-refractivity contribution in [1.82, 2.24) is 15.4 Å². The first-order chi connectivity index (χ1) is 7.65. The molecule has 0 bridgehead atoms. The second-order valence-corrected chi connectivity index (χ2v) is 3.41. The van der Waals surface area contributed by atoms with Gasteiger partial charge in [0.1, 0.15) is 5.76 Å². The van der Waals surface area contributed by atoms with Crippen LogP contribution in [0.4, 0.5) is 5.82 Å². The first-order valence-electron chi connectivity index (χ1n) is 4.39. The van der Waals surface area contributed by atoms with Crippen LogP contribution in [0.1, 0.15) is 16.2 Å². The summed E-state index contributed by atoms with van der Waals surface area (Å²) in [6.45, 7) is 1.73. The van der Waals surface area contributed by atoms with E-state index in [1.54, 1.807) is 13.0 Å². The number of carbonyl (C=O) groups is 1. The number of aromatic nitrogens is 3. The Bertz CT molecular complexity index is 508. The first-order valence-corrected chi connectivity index (χ1v) is 4.77. The number of carbonyl (C=O) groups excluding carboxylic acids is 1. The van der Waals surface area contributed by atoms with Gasteiger partial charge in [0.15, 0.2) is 16.7 Å². The zero-order valence-corrected chi connectivity index (χ0v) is 9.02. The van der Waals surface area contributed by atoms with Crippen molar-refractivity contribution < 1.29 is 9.32 Å². The van der Waals surface area contributed by atoms with Gasteiger partial charge in [-0.05, 0) is 19.1 Å². The predicted molar refractivity (Wildman–Crippen MR) is 56.2 cm³/mol. The van der Waals surface area contributed by atoms with Crippen molar-refractivity contribution in [2.45, 2.75) is 6.92 Å². The molecule has 2 rings (SSSR count). The lowest BCUT2D eigenvalue weighted by Crippen LogP contribution is -2.14. The Morgan fingerprint density at radius 3 is 2.81 bits per heavy atom. The number of aryl methyl sites for hydroxylation is 1. The second-order valence-electron chi connectivity index (χ2n) is 3.02. The molecule has 0 aromatic carbocycles. The summed E-state index contributed by atoms with van der Waals surface area (Å²) in [4.78, 5) is 11.6. The minimum Gasteiger partial charge on any atom is -0.360 e. The van der Waals surface area contributed by atoms with Gasteiger partial charge in [0, 0.05) is 6.07 Å². The highest BCUT2D eigenvalue weighted by molar-refractivity contribution is 6.29. The summed E-state index contributed by atoms with van der Waals surface area (Å²) in [6.07, 6.45) is 0. The quantitative estimate of drug-likeness (QED) is 0.861. The average Bonchev–Trinajstić information content (AvgIpc) is 2.65. The molecular formula is C9H7ClN4O2. The van der Waals surface area contributed by atoms with E-state index in [0.717, 1.165) is 0 Å². The lowest BCUT2D eigenvalue weighted by atomic mass is 10.3. The van der Waals surface area contributed by atoms with E-state index >= 15 is 0 Å². The zero-order chi connectivity index (χ0) is 11.5. The van der Waals surface area contributed by atoms with E-state index in [0.29, 0.717) is 11.6 Å². The lowest BCUT2D eigenvalue weighted by molar-refractivity contribution is 0.102. The maximum absolute atomic E-state index is 11.6. The molecule has 1 N–H and O–H groups in total. The van der Waals surface area contributed by atoms with Crippen molar-refractivity contribution in [3.63, 3.8) is 0 Å². The van der Waals surface area contributed by atoms with Gasteiger partial charge >= 0.3 is 0 Å². The number of hydrogen-bond acceptors (Lipinski definition) is 5. The van der Waals surface area contributed by atoms with Crippen LogP contribution in [-0.4, -0.2) is 21.3 Å². The zero-order valence-electron chi connectivity index (χ0n) is 8.27. The predicted octanol–water partition coefficient (Wildman–Crippen LogP) is 1.68. The molecule has 0 fully saturated rings. The third-order valence-corrected chi connectivity index (χ3v) is 1.94. The van der Waals surface area contributed by atoms with Crippen LogP contribution < -0.4 is 5.32 Å². The fourth-order valence-corrected chi connectivity index (χ4v) is 1.14. The minimum absolute atomic E-state index is 0.157. The summed E-state index contributed by atoms with van der Waals surface area (Å²) < 4.78 is 4.80. The molecule has 0 aliphatic rings. The summed E-state index contributed by atoms with van der Waals surface area (Å²) in [5, 5.41) is 13.5. The molecular weight excluding hydrogens is 232 g/mol. The Labute approximate surface area is 95.6 Å². The Kier molecular flexibility index (Phi) is 2.82. The van der Waals surface area contributed by atoms with Gasteiger partial charge < -0.3 is 9.84 Å². The van der Waals surface area contributed by atoms with E-state index in [-0.39, 0.29) is 10.8 Å². The molecule has 0 spiro atoms. The molecule has 0 aliphatic heterocycles. The number of nitrogens with one attached hydrogen (secondary N) is 1. The molecule has 2 aromatic heterocycles. The first kappa shape index (κ1) is 10.6. The van der Waals surface area contributed by atoms with E-state index in [1.807, 2.05) is 0 Å². The van der Waals surface area contributed by atoms with Crippen molar-refractivity contribution in [3.05, 3.63) is 34.8 Å². The van der Waals surface area contributed by atoms with Gasteiger partial charge in [-0.15, -0.1) is 10.2 Å². The molecule has 0 aliphatic carbocycles. The van der Waals surface area contributed by atoms with Gasteiger partial charge in [-0.2, -0.15) is 0 Å². The molecule has 7 heteroatoms. The standard InChI is InChI=1S/C9H7ClN4O2/c1-5-4-8(14-16-5)11-9(15)6-2-3-7(10)13-12-6/h2-4H,1H3,(H,11,14,15). The fourth-order valence-electron chi connectivity index (χ4n) is 1.04. The molecule has 0 saturated heterocycles. The molecule has 0 radical (unpaired) electrons. The van der Waals surface area contributed by atoms with E-state index < -0.39 is 5.91 Å². The highest BCUT2D eigenvalue weighted by Gasteiger charge is 2.10. The molecule has 82 valence electrons. The Balaban J connectivity index is 2.11. The van der Waals surface area contributed by atoms with Crippen LogP contribution in [-0.2, 0) is 0 Å². The van der Waals surface area contributed by atoms with Crippen molar-refractivity contribution >= 4 is 23.3 Å². The summed E-state index contributed by atoms with van der Waals surface area (Å²) in [5.74, 6) is 0.522.